The monoisotopic (exact) mass is 342 g/mol. The van der Waals surface area contributed by atoms with Crippen LogP contribution in [0.2, 0.25) is 0 Å². The highest BCUT2D eigenvalue weighted by atomic mass is 32.2. The summed E-state index contributed by atoms with van der Waals surface area (Å²) in [4.78, 5) is 11.6. The molecule has 0 radical (unpaired) electrons. The van der Waals surface area contributed by atoms with Crippen molar-refractivity contribution in [2.24, 2.45) is 11.3 Å². The SMILES string of the molecule is C=CCN(CC=C)S(=O)(=O)N1CCC(C2(C(=O)O)CCC2)CC1. The largest absolute Gasteiger partial charge is 0.481 e. The van der Waals surface area contributed by atoms with E-state index in [4.69, 9.17) is 0 Å². The molecule has 7 heteroatoms. The minimum Gasteiger partial charge on any atom is -0.481 e. The van der Waals surface area contributed by atoms with Crippen molar-refractivity contribution in [3.8, 4) is 0 Å². The van der Waals surface area contributed by atoms with E-state index < -0.39 is 21.6 Å². The molecule has 0 aromatic rings. The second-order valence-corrected chi connectivity index (χ2v) is 8.32. The van der Waals surface area contributed by atoms with Crippen LogP contribution in [0.15, 0.2) is 25.3 Å². The first kappa shape index (κ1) is 18.2. The Morgan fingerprint density at radius 1 is 1.22 bits per heavy atom. The fourth-order valence-electron chi connectivity index (χ4n) is 3.71. The minimum absolute atomic E-state index is 0.0764. The van der Waals surface area contributed by atoms with Crippen molar-refractivity contribution >= 4 is 16.2 Å². The van der Waals surface area contributed by atoms with E-state index in [2.05, 4.69) is 13.2 Å². The molecule has 0 amide bonds. The number of carboxylic acids is 1. The number of aliphatic carboxylic acids is 1. The Morgan fingerprint density at radius 2 is 1.74 bits per heavy atom. The summed E-state index contributed by atoms with van der Waals surface area (Å²) in [6.45, 7) is 8.45. The Bertz CT molecular complexity index is 551. The van der Waals surface area contributed by atoms with E-state index in [1.165, 1.54) is 8.61 Å². The number of carboxylic acid groups (broad SMARTS) is 1. The van der Waals surface area contributed by atoms with Crippen molar-refractivity contribution in [1.82, 2.24) is 8.61 Å². The smallest absolute Gasteiger partial charge is 0.309 e. The van der Waals surface area contributed by atoms with Crippen molar-refractivity contribution in [3.05, 3.63) is 25.3 Å². The molecular weight excluding hydrogens is 316 g/mol. The zero-order chi connectivity index (χ0) is 17.1. The van der Waals surface area contributed by atoms with Gasteiger partial charge in [0.15, 0.2) is 0 Å². The second kappa shape index (κ2) is 7.15. The molecule has 1 aliphatic heterocycles. The van der Waals surface area contributed by atoms with Crippen LogP contribution < -0.4 is 0 Å². The molecule has 0 spiro atoms. The Kier molecular flexibility index (Phi) is 5.65. The molecule has 0 bridgehead atoms. The van der Waals surface area contributed by atoms with Gasteiger partial charge < -0.3 is 5.11 Å². The van der Waals surface area contributed by atoms with Gasteiger partial charge in [-0.05, 0) is 31.6 Å². The van der Waals surface area contributed by atoms with E-state index in [0.717, 1.165) is 19.3 Å². The number of piperidine rings is 1. The lowest BCUT2D eigenvalue weighted by Gasteiger charge is -2.47. The quantitative estimate of drug-likeness (QED) is 0.683. The number of rotatable bonds is 8. The molecule has 0 aromatic heterocycles. The molecule has 23 heavy (non-hydrogen) atoms. The molecular formula is C16H26N2O4S. The molecule has 1 aliphatic carbocycles. The maximum atomic E-state index is 12.7. The van der Waals surface area contributed by atoms with Crippen molar-refractivity contribution in [2.75, 3.05) is 26.2 Å². The Hall–Kier alpha value is -1.18. The standard InChI is InChI=1S/C16H26N2O4S/c1-3-10-17(11-4-2)23(21,22)18-12-6-14(7-13-18)16(15(19)20)8-5-9-16/h3-4,14H,1-2,5-13H2,(H,19,20). The maximum Gasteiger partial charge on any atom is 0.309 e. The maximum absolute atomic E-state index is 12.7. The fraction of sp³-hybridized carbons (Fsp3) is 0.688. The lowest BCUT2D eigenvalue weighted by atomic mass is 9.59. The molecule has 0 atom stereocenters. The molecule has 1 N–H and O–H groups in total. The van der Waals surface area contributed by atoms with Gasteiger partial charge in [0.25, 0.3) is 10.2 Å². The summed E-state index contributed by atoms with van der Waals surface area (Å²) in [5.41, 5.74) is -0.613. The van der Waals surface area contributed by atoms with Gasteiger partial charge in [-0.2, -0.15) is 17.0 Å². The Morgan fingerprint density at radius 3 is 2.09 bits per heavy atom. The first-order chi connectivity index (χ1) is 10.9. The Labute approximate surface area is 138 Å². The topological polar surface area (TPSA) is 77.9 Å². The van der Waals surface area contributed by atoms with Crippen LogP contribution in [0.4, 0.5) is 0 Å². The van der Waals surface area contributed by atoms with Gasteiger partial charge in [0.1, 0.15) is 0 Å². The molecule has 6 nitrogen and oxygen atoms in total. The highest BCUT2D eigenvalue weighted by Gasteiger charge is 2.51. The van der Waals surface area contributed by atoms with E-state index in [1.54, 1.807) is 12.2 Å². The number of nitrogens with zero attached hydrogens (tertiary/aromatic N) is 2. The summed E-state index contributed by atoms with van der Waals surface area (Å²) >= 11 is 0. The van der Waals surface area contributed by atoms with Crippen molar-refractivity contribution in [1.29, 1.82) is 0 Å². The van der Waals surface area contributed by atoms with Gasteiger partial charge in [-0.3, -0.25) is 4.79 Å². The molecule has 130 valence electrons. The zero-order valence-corrected chi connectivity index (χ0v) is 14.3. The molecule has 1 saturated heterocycles. The lowest BCUT2D eigenvalue weighted by molar-refractivity contribution is -0.161. The lowest BCUT2D eigenvalue weighted by Crippen LogP contribution is -2.52. The third kappa shape index (κ3) is 3.36. The van der Waals surface area contributed by atoms with Crippen LogP contribution in [0, 0.1) is 11.3 Å². The van der Waals surface area contributed by atoms with Crippen LogP contribution in [0.1, 0.15) is 32.1 Å². The highest BCUT2D eigenvalue weighted by Crippen LogP contribution is 2.51. The average Bonchev–Trinajstić information content (AvgIpc) is 2.46. The van der Waals surface area contributed by atoms with Crippen molar-refractivity contribution in [2.45, 2.75) is 32.1 Å². The summed E-state index contributed by atoms with van der Waals surface area (Å²) in [7, 11) is -3.55. The number of hydrogen-bond donors (Lipinski definition) is 1. The fourth-order valence-corrected chi connectivity index (χ4v) is 5.29. The first-order valence-corrected chi connectivity index (χ1v) is 9.48. The summed E-state index contributed by atoms with van der Waals surface area (Å²) in [5.74, 6) is -0.641. The molecule has 1 heterocycles. The predicted molar refractivity (Wildman–Crippen MR) is 89.1 cm³/mol. The van der Waals surface area contributed by atoms with Crippen LogP contribution >= 0.6 is 0 Å². The number of hydrogen-bond acceptors (Lipinski definition) is 3. The van der Waals surface area contributed by atoms with Gasteiger partial charge in [-0.1, -0.05) is 18.6 Å². The normalized spacial score (nSPS) is 22.5. The molecule has 2 fully saturated rings. The van der Waals surface area contributed by atoms with E-state index in [0.29, 0.717) is 25.9 Å². The van der Waals surface area contributed by atoms with Crippen LogP contribution in [0.3, 0.4) is 0 Å². The van der Waals surface area contributed by atoms with Crippen molar-refractivity contribution in [3.63, 3.8) is 0 Å². The minimum atomic E-state index is -3.55. The summed E-state index contributed by atoms with van der Waals surface area (Å²) < 4.78 is 28.2. The van der Waals surface area contributed by atoms with E-state index in [9.17, 15) is 18.3 Å². The average molecular weight is 342 g/mol. The molecule has 2 aliphatic rings. The van der Waals surface area contributed by atoms with Crippen LogP contribution in [0.25, 0.3) is 0 Å². The first-order valence-electron chi connectivity index (χ1n) is 8.09. The molecule has 0 aromatic carbocycles. The van der Waals surface area contributed by atoms with Crippen LogP contribution in [-0.2, 0) is 15.0 Å². The van der Waals surface area contributed by atoms with Gasteiger partial charge in [0.2, 0.25) is 0 Å². The van der Waals surface area contributed by atoms with Gasteiger partial charge in [0, 0.05) is 26.2 Å². The van der Waals surface area contributed by atoms with Crippen LogP contribution in [-0.4, -0.2) is 54.3 Å². The van der Waals surface area contributed by atoms with Gasteiger partial charge in [-0.25, -0.2) is 0 Å². The molecule has 0 unspecified atom stereocenters. The van der Waals surface area contributed by atoms with Crippen LogP contribution in [0.5, 0.6) is 0 Å². The van der Waals surface area contributed by atoms with E-state index in [1.807, 2.05) is 0 Å². The zero-order valence-electron chi connectivity index (χ0n) is 13.5. The summed E-state index contributed by atoms with van der Waals surface area (Å²) in [5, 5.41) is 9.53. The van der Waals surface area contributed by atoms with E-state index in [-0.39, 0.29) is 19.0 Å². The predicted octanol–water partition coefficient (Wildman–Crippen LogP) is 1.87. The third-order valence-electron chi connectivity index (χ3n) is 5.23. The van der Waals surface area contributed by atoms with Crippen molar-refractivity contribution < 1.29 is 18.3 Å². The summed E-state index contributed by atoms with van der Waals surface area (Å²) in [6, 6.07) is 0. The van der Waals surface area contributed by atoms with E-state index >= 15 is 0 Å². The third-order valence-corrected chi connectivity index (χ3v) is 7.19. The molecule has 2 rings (SSSR count). The van der Waals surface area contributed by atoms with Gasteiger partial charge in [0.05, 0.1) is 5.41 Å². The number of carbonyl (C=O) groups is 1. The van der Waals surface area contributed by atoms with Gasteiger partial charge >= 0.3 is 5.97 Å². The van der Waals surface area contributed by atoms with Gasteiger partial charge in [-0.15, -0.1) is 13.2 Å². The molecule has 1 saturated carbocycles. The summed E-state index contributed by atoms with van der Waals surface area (Å²) in [6.07, 6.45) is 6.74. The second-order valence-electron chi connectivity index (χ2n) is 6.39. The highest BCUT2D eigenvalue weighted by molar-refractivity contribution is 7.86. The Balaban J connectivity index is 2.04.